The maximum atomic E-state index is 12.4. The van der Waals surface area contributed by atoms with Crippen LogP contribution in [0, 0.1) is 13.8 Å². The van der Waals surface area contributed by atoms with Crippen molar-refractivity contribution in [3.63, 3.8) is 0 Å². The summed E-state index contributed by atoms with van der Waals surface area (Å²) < 4.78 is 0. The van der Waals surface area contributed by atoms with E-state index < -0.39 is 0 Å². The van der Waals surface area contributed by atoms with E-state index in [1.165, 1.54) is 11.1 Å². The fourth-order valence-electron chi connectivity index (χ4n) is 3.04. The van der Waals surface area contributed by atoms with Crippen LogP contribution in [-0.2, 0) is 6.54 Å². The lowest BCUT2D eigenvalue weighted by molar-refractivity contribution is 0.102. The Kier molecular flexibility index (Phi) is 5.51. The smallest absolute Gasteiger partial charge is 0.255 e. The highest BCUT2D eigenvalue weighted by molar-refractivity contribution is 6.04. The summed E-state index contributed by atoms with van der Waals surface area (Å²) in [5.41, 5.74) is 5.16. The van der Waals surface area contributed by atoms with Gasteiger partial charge in [-0.15, -0.1) is 0 Å². The van der Waals surface area contributed by atoms with Gasteiger partial charge >= 0.3 is 0 Å². The van der Waals surface area contributed by atoms with E-state index in [2.05, 4.69) is 41.2 Å². The van der Waals surface area contributed by atoms with Gasteiger partial charge in [0.1, 0.15) is 0 Å². The SMILES string of the molecule is Cc1ccc(C(=O)Nc2ccc(CN3CCN(C)CC3)cc2)cc1C. The summed E-state index contributed by atoms with van der Waals surface area (Å²) in [6.45, 7) is 9.53. The van der Waals surface area contributed by atoms with E-state index in [1.54, 1.807) is 0 Å². The third kappa shape index (κ3) is 4.68. The normalized spacial score (nSPS) is 16.0. The summed E-state index contributed by atoms with van der Waals surface area (Å²) in [6.07, 6.45) is 0. The molecule has 4 heteroatoms. The average molecular weight is 337 g/mol. The van der Waals surface area contributed by atoms with Crippen molar-refractivity contribution in [2.45, 2.75) is 20.4 Å². The van der Waals surface area contributed by atoms with Crippen LogP contribution in [0.5, 0.6) is 0 Å². The zero-order valence-corrected chi connectivity index (χ0v) is 15.4. The highest BCUT2D eigenvalue weighted by Crippen LogP contribution is 2.15. The monoisotopic (exact) mass is 337 g/mol. The largest absolute Gasteiger partial charge is 0.322 e. The van der Waals surface area contributed by atoms with Crippen molar-refractivity contribution in [3.05, 3.63) is 64.7 Å². The molecule has 0 spiro atoms. The van der Waals surface area contributed by atoms with Crippen molar-refractivity contribution < 1.29 is 4.79 Å². The molecule has 2 aromatic carbocycles. The summed E-state index contributed by atoms with van der Waals surface area (Å²) in [5, 5.41) is 2.98. The molecule has 1 N–H and O–H groups in total. The second-order valence-electron chi connectivity index (χ2n) is 7.03. The van der Waals surface area contributed by atoms with Crippen molar-refractivity contribution in [2.75, 3.05) is 38.5 Å². The summed E-state index contributed by atoms with van der Waals surface area (Å²) in [6, 6.07) is 14.0. The first-order chi connectivity index (χ1) is 12.0. The van der Waals surface area contributed by atoms with Gasteiger partial charge in [-0.3, -0.25) is 9.69 Å². The van der Waals surface area contributed by atoms with Gasteiger partial charge in [-0.2, -0.15) is 0 Å². The predicted octanol–water partition coefficient (Wildman–Crippen LogP) is 3.30. The number of nitrogens with zero attached hydrogens (tertiary/aromatic N) is 2. The molecule has 0 bridgehead atoms. The molecule has 1 aliphatic heterocycles. The van der Waals surface area contributed by atoms with E-state index in [9.17, 15) is 4.79 Å². The van der Waals surface area contributed by atoms with E-state index in [-0.39, 0.29) is 5.91 Å². The number of aryl methyl sites for hydroxylation is 2. The van der Waals surface area contributed by atoms with Crippen LogP contribution in [0.3, 0.4) is 0 Å². The van der Waals surface area contributed by atoms with Gasteiger partial charge in [0, 0.05) is 44.0 Å². The molecule has 0 radical (unpaired) electrons. The van der Waals surface area contributed by atoms with E-state index >= 15 is 0 Å². The minimum atomic E-state index is -0.0603. The first-order valence-electron chi connectivity index (χ1n) is 8.90. The van der Waals surface area contributed by atoms with Crippen molar-refractivity contribution in [1.82, 2.24) is 9.80 Å². The van der Waals surface area contributed by atoms with Crippen molar-refractivity contribution in [2.24, 2.45) is 0 Å². The minimum absolute atomic E-state index is 0.0603. The first-order valence-corrected chi connectivity index (χ1v) is 8.90. The molecule has 25 heavy (non-hydrogen) atoms. The summed E-state index contributed by atoms with van der Waals surface area (Å²) in [7, 11) is 2.17. The Balaban J connectivity index is 1.58. The summed E-state index contributed by atoms with van der Waals surface area (Å²) in [4.78, 5) is 17.2. The van der Waals surface area contributed by atoms with E-state index in [0.717, 1.165) is 44.0 Å². The van der Waals surface area contributed by atoms with Crippen LogP contribution < -0.4 is 5.32 Å². The quantitative estimate of drug-likeness (QED) is 0.930. The topological polar surface area (TPSA) is 35.6 Å². The van der Waals surface area contributed by atoms with Gasteiger partial charge in [0.05, 0.1) is 0 Å². The zero-order valence-electron chi connectivity index (χ0n) is 15.4. The van der Waals surface area contributed by atoms with Crippen LogP contribution in [0.2, 0.25) is 0 Å². The maximum absolute atomic E-state index is 12.4. The van der Waals surface area contributed by atoms with Crippen molar-refractivity contribution in [3.8, 4) is 0 Å². The number of likely N-dealkylation sites (N-methyl/N-ethyl adjacent to an activating group) is 1. The second kappa shape index (κ2) is 7.81. The predicted molar refractivity (Wildman–Crippen MR) is 103 cm³/mol. The molecule has 1 heterocycles. The molecule has 1 saturated heterocycles. The number of hydrogen-bond acceptors (Lipinski definition) is 3. The Morgan fingerprint density at radius 1 is 0.960 bits per heavy atom. The van der Waals surface area contributed by atoms with Crippen molar-refractivity contribution >= 4 is 11.6 Å². The molecule has 1 aliphatic rings. The van der Waals surface area contributed by atoms with Crippen LogP contribution in [0.25, 0.3) is 0 Å². The zero-order chi connectivity index (χ0) is 17.8. The molecule has 0 saturated carbocycles. The summed E-state index contributed by atoms with van der Waals surface area (Å²) >= 11 is 0. The average Bonchev–Trinajstić information content (AvgIpc) is 2.61. The number of carbonyl (C=O) groups is 1. The fraction of sp³-hybridized carbons (Fsp3) is 0.381. The first kappa shape index (κ1) is 17.6. The van der Waals surface area contributed by atoms with Crippen molar-refractivity contribution in [1.29, 1.82) is 0 Å². The number of carbonyl (C=O) groups excluding carboxylic acids is 1. The van der Waals surface area contributed by atoms with E-state index in [4.69, 9.17) is 0 Å². The molecule has 0 unspecified atom stereocenters. The summed E-state index contributed by atoms with van der Waals surface area (Å²) in [5.74, 6) is -0.0603. The number of piperazine rings is 1. The molecule has 1 fully saturated rings. The Hall–Kier alpha value is -2.17. The van der Waals surface area contributed by atoms with Gasteiger partial charge in [0.2, 0.25) is 0 Å². The van der Waals surface area contributed by atoms with Crippen LogP contribution in [0.15, 0.2) is 42.5 Å². The van der Waals surface area contributed by atoms with Gasteiger partial charge in [0.25, 0.3) is 5.91 Å². The molecule has 2 aromatic rings. The number of anilines is 1. The Morgan fingerprint density at radius 2 is 1.64 bits per heavy atom. The Labute approximate surface area is 150 Å². The maximum Gasteiger partial charge on any atom is 0.255 e. The molecule has 4 nitrogen and oxygen atoms in total. The van der Waals surface area contributed by atoms with Crippen LogP contribution >= 0.6 is 0 Å². The molecule has 0 aliphatic carbocycles. The van der Waals surface area contributed by atoms with Gasteiger partial charge in [0.15, 0.2) is 0 Å². The number of benzene rings is 2. The molecule has 3 rings (SSSR count). The lowest BCUT2D eigenvalue weighted by atomic mass is 10.1. The third-order valence-electron chi connectivity index (χ3n) is 4.98. The molecular formula is C21H27N3O. The minimum Gasteiger partial charge on any atom is -0.322 e. The molecule has 132 valence electrons. The lowest BCUT2D eigenvalue weighted by Gasteiger charge is -2.32. The van der Waals surface area contributed by atoms with Crippen LogP contribution in [-0.4, -0.2) is 48.9 Å². The number of nitrogens with one attached hydrogen (secondary N) is 1. The van der Waals surface area contributed by atoms with Gasteiger partial charge in [-0.05, 0) is 61.9 Å². The second-order valence-corrected chi connectivity index (χ2v) is 7.03. The Morgan fingerprint density at radius 3 is 2.28 bits per heavy atom. The van der Waals surface area contributed by atoms with Gasteiger partial charge in [-0.1, -0.05) is 18.2 Å². The van der Waals surface area contributed by atoms with Crippen LogP contribution in [0.4, 0.5) is 5.69 Å². The molecule has 1 amide bonds. The standard InChI is InChI=1S/C21H27N3O/c1-16-4-7-19(14-17(16)2)21(25)22-20-8-5-18(6-9-20)15-24-12-10-23(3)11-13-24/h4-9,14H,10-13,15H2,1-3H3,(H,22,25). The van der Waals surface area contributed by atoms with E-state index in [1.807, 2.05) is 37.3 Å². The highest BCUT2D eigenvalue weighted by Gasteiger charge is 2.14. The van der Waals surface area contributed by atoms with Gasteiger partial charge < -0.3 is 10.2 Å². The molecular weight excluding hydrogens is 310 g/mol. The lowest BCUT2D eigenvalue weighted by Crippen LogP contribution is -2.43. The Bertz CT molecular complexity index is 731. The number of rotatable bonds is 4. The van der Waals surface area contributed by atoms with Crippen LogP contribution in [0.1, 0.15) is 27.0 Å². The molecule has 0 atom stereocenters. The fourth-order valence-corrected chi connectivity index (χ4v) is 3.04. The third-order valence-corrected chi connectivity index (χ3v) is 4.98. The number of amides is 1. The van der Waals surface area contributed by atoms with Gasteiger partial charge in [-0.25, -0.2) is 0 Å². The molecule has 0 aromatic heterocycles. The highest BCUT2D eigenvalue weighted by atomic mass is 16.1. The number of hydrogen-bond donors (Lipinski definition) is 1. The van der Waals surface area contributed by atoms with E-state index in [0.29, 0.717) is 5.56 Å².